The van der Waals surface area contributed by atoms with Crippen LogP contribution in [0, 0.1) is 6.92 Å². The first kappa shape index (κ1) is 10.8. The van der Waals surface area contributed by atoms with E-state index in [2.05, 4.69) is 15.9 Å². The Morgan fingerprint density at radius 1 is 1.64 bits per heavy atom. The van der Waals surface area contributed by atoms with E-state index in [1.165, 1.54) is 7.11 Å². The molecule has 0 unspecified atom stereocenters. The van der Waals surface area contributed by atoms with Gasteiger partial charge in [0.15, 0.2) is 0 Å². The molecule has 14 heavy (non-hydrogen) atoms. The SMILES string of the molecule is COc1cc(C)c(N)c(C(=O)O)c1Br. The number of anilines is 1. The van der Waals surface area contributed by atoms with E-state index in [0.717, 1.165) is 0 Å². The van der Waals surface area contributed by atoms with Gasteiger partial charge in [-0.25, -0.2) is 4.79 Å². The predicted molar refractivity (Wildman–Crippen MR) is 56.8 cm³/mol. The summed E-state index contributed by atoms with van der Waals surface area (Å²) in [4.78, 5) is 10.9. The molecule has 0 atom stereocenters. The Bertz CT molecular complexity index is 390. The molecule has 0 saturated heterocycles. The van der Waals surface area contributed by atoms with Crippen LogP contribution in [0.2, 0.25) is 0 Å². The summed E-state index contributed by atoms with van der Waals surface area (Å²) in [6.07, 6.45) is 0. The second-order valence-corrected chi connectivity index (χ2v) is 3.60. The topological polar surface area (TPSA) is 72.5 Å². The predicted octanol–water partition coefficient (Wildman–Crippen LogP) is 2.05. The molecule has 0 spiro atoms. The number of hydrogen-bond acceptors (Lipinski definition) is 3. The summed E-state index contributed by atoms with van der Waals surface area (Å²) in [6, 6.07) is 1.69. The maximum atomic E-state index is 10.9. The molecule has 0 heterocycles. The number of carboxylic acids is 1. The summed E-state index contributed by atoms with van der Waals surface area (Å²) < 4.78 is 5.38. The number of hydrogen-bond donors (Lipinski definition) is 2. The van der Waals surface area contributed by atoms with E-state index in [0.29, 0.717) is 15.8 Å². The molecule has 3 N–H and O–H groups in total. The van der Waals surface area contributed by atoms with Crippen LogP contribution in [0.1, 0.15) is 15.9 Å². The van der Waals surface area contributed by atoms with E-state index in [9.17, 15) is 4.79 Å². The third-order valence-electron chi connectivity index (χ3n) is 1.91. The molecular weight excluding hydrogens is 250 g/mol. The van der Waals surface area contributed by atoms with Crippen LogP contribution in [0.25, 0.3) is 0 Å². The van der Waals surface area contributed by atoms with Crippen molar-refractivity contribution in [1.82, 2.24) is 0 Å². The normalized spacial score (nSPS) is 9.93. The molecule has 0 radical (unpaired) electrons. The van der Waals surface area contributed by atoms with Gasteiger partial charge in [0.05, 0.1) is 17.3 Å². The Labute approximate surface area is 89.8 Å². The third-order valence-corrected chi connectivity index (χ3v) is 2.70. The van der Waals surface area contributed by atoms with Crippen molar-refractivity contribution in [2.24, 2.45) is 0 Å². The van der Waals surface area contributed by atoms with Gasteiger partial charge in [0.1, 0.15) is 11.3 Å². The molecule has 0 saturated carbocycles. The fourth-order valence-electron chi connectivity index (χ4n) is 1.13. The molecule has 76 valence electrons. The molecule has 4 nitrogen and oxygen atoms in total. The van der Waals surface area contributed by atoms with Crippen molar-refractivity contribution in [2.45, 2.75) is 6.92 Å². The number of ether oxygens (including phenoxy) is 1. The molecule has 0 aromatic heterocycles. The summed E-state index contributed by atoms with van der Waals surface area (Å²) in [7, 11) is 1.47. The molecule has 0 fully saturated rings. The average molecular weight is 260 g/mol. The lowest BCUT2D eigenvalue weighted by molar-refractivity contribution is 0.0696. The van der Waals surface area contributed by atoms with E-state index in [1.807, 2.05) is 0 Å². The number of carbonyl (C=O) groups is 1. The van der Waals surface area contributed by atoms with Gasteiger partial charge >= 0.3 is 5.97 Å². The second kappa shape index (κ2) is 3.88. The average Bonchev–Trinajstić information content (AvgIpc) is 2.11. The lowest BCUT2D eigenvalue weighted by Crippen LogP contribution is -2.06. The number of halogens is 1. The van der Waals surface area contributed by atoms with Gasteiger partial charge in [0, 0.05) is 0 Å². The monoisotopic (exact) mass is 259 g/mol. The number of carboxylic acid groups (broad SMARTS) is 1. The van der Waals surface area contributed by atoms with Crippen LogP contribution in [-0.2, 0) is 0 Å². The van der Waals surface area contributed by atoms with Crippen molar-refractivity contribution in [1.29, 1.82) is 0 Å². The number of methoxy groups -OCH3 is 1. The Morgan fingerprint density at radius 3 is 2.64 bits per heavy atom. The highest BCUT2D eigenvalue weighted by Gasteiger charge is 2.18. The van der Waals surface area contributed by atoms with E-state index in [4.69, 9.17) is 15.6 Å². The van der Waals surface area contributed by atoms with E-state index in [-0.39, 0.29) is 11.3 Å². The van der Waals surface area contributed by atoms with Gasteiger partial charge in [-0.15, -0.1) is 0 Å². The maximum absolute atomic E-state index is 10.9. The molecule has 1 rings (SSSR count). The van der Waals surface area contributed by atoms with Gasteiger partial charge < -0.3 is 15.6 Å². The van der Waals surface area contributed by atoms with E-state index in [1.54, 1.807) is 13.0 Å². The highest BCUT2D eigenvalue weighted by Crippen LogP contribution is 2.34. The zero-order chi connectivity index (χ0) is 10.9. The Kier molecular flexibility index (Phi) is 3.00. The number of nitrogens with two attached hydrogens (primary N) is 1. The lowest BCUT2D eigenvalue weighted by Gasteiger charge is -2.11. The van der Waals surface area contributed by atoms with Gasteiger partial charge in [-0.05, 0) is 34.5 Å². The van der Waals surface area contributed by atoms with Gasteiger partial charge in [0.25, 0.3) is 0 Å². The summed E-state index contributed by atoms with van der Waals surface area (Å²) in [6.45, 7) is 1.73. The summed E-state index contributed by atoms with van der Waals surface area (Å²) >= 11 is 3.14. The third kappa shape index (κ3) is 1.68. The number of nitrogen functional groups attached to an aromatic ring is 1. The second-order valence-electron chi connectivity index (χ2n) is 2.80. The first-order chi connectivity index (χ1) is 6.49. The molecule has 0 aliphatic heterocycles. The van der Waals surface area contributed by atoms with Crippen LogP contribution in [-0.4, -0.2) is 18.2 Å². The first-order valence-electron chi connectivity index (χ1n) is 3.85. The zero-order valence-electron chi connectivity index (χ0n) is 7.80. The number of rotatable bonds is 2. The smallest absolute Gasteiger partial charge is 0.339 e. The summed E-state index contributed by atoms with van der Waals surface area (Å²) in [5, 5.41) is 8.93. The van der Waals surface area contributed by atoms with Crippen LogP contribution in [0.15, 0.2) is 10.5 Å². The largest absolute Gasteiger partial charge is 0.496 e. The van der Waals surface area contributed by atoms with Crippen molar-refractivity contribution in [3.8, 4) is 5.75 Å². The standard InChI is InChI=1S/C9H10BrNO3/c1-4-3-5(14-2)7(10)6(8(4)11)9(12)13/h3H,11H2,1-2H3,(H,12,13). The number of aryl methyl sites for hydroxylation is 1. The quantitative estimate of drug-likeness (QED) is 0.798. The molecule has 1 aromatic carbocycles. The molecule has 0 amide bonds. The highest BCUT2D eigenvalue weighted by atomic mass is 79.9. The van der Waals surface area contributed by atoms with Gasteiger partial charge in [-0.2, -0.15) is 0 Å². The minimum absolute atomic E-state index is 0.0434. The van der Waals surface area contributed by atoms with Crippen molar-refractivity contribution >= 4 is 27.6 Å². The Balaban J connectivity index is 3.53. The zero-order valence-corrected chi connectivity index (χ0v) is 9.38. The molecule has 1 aromatic rings. The number of benzene rings is 1. The van der Waals surface area contributed by atoms with Crippen molar-refractivity contribution in [3.63, 3.8) is 0 Å². The van der Waals surface area contributed by atoms with Gasteiger partial charge in [0.2, 0.25) is 0 Å². The van der Waals surface area contributed by atoms with Crippen molar-refractivity contribution < 1.29 is 14.6 Å². The minimum atomic E-state index is -1.07. The van der Waals surface area contributed by atoms with Crippen LogP contribution in [0.4, 0.5) is 5.69 Å². The Hall–Kier alpha value is -1.23. The summed E-state index contributed by atoms with van der Waals surface area (Å²) in [5.74, 6) is -0.606. The molecule has 0 bridgehead atoms. The molecular formula is C9H10BrNO3. The van der Waals surface area contributed by atoms with Crippen LogP contribution < -0.4 is 10.5 Å². The highest BCUT2D eigenvalue weighted by molar-refractivity contribution is 9.10. The molecule has 5 heteroatoms. The first-order valence-corrected chi connectivity index (χ1v) is 4.64. The maximum Gasteiger partial charge on any atom is 0.339 e. The fraction of sp³-hybridized carbons (Fsp3) is 0.222. The van der Waals surface area contributed by atoms with Crippen LogP contribution in [0.3, 0.4) is 0 Å². The van der Waals surface area contributed by atoms with Gasteiger partial charge in [-0.3, -0.25) is 0 Å². The number of aromatic carboxylic acids is 1. The summed E-state index contributed by atoms with van der Waals surface area (Å²) in [5.41, 5.74) is 6.62. The molecule has 0 aliphatic rings. The van der Waals surface area contributed by atoms with Gasteiger partial charge in [-0.1, -0.05) is 0 Å². The minimum Gasteiger partial charge on any atom is -0.496 e. The van der Waals surface area contributed by atoms with E-state index >= 15 is 0 Å². The van der Waals surface area contributed by atoms with E-state index < -0.39 is 5.97 Å². The lowest BCUT2D eigenvalue weighted by atomic mass is 10.1. The fourth-order valence-corrected chi connectivity index (χ4v) is 1.79. The Morgan fingerprint density at radius 2 is 2.21 bits per heavy atom. The van der Waals surface area contributed by atoms with Crippen molar-refractivity contribution in [3.05, 3.63) is 21.7 Å². The van der Waals surface area contributed by atoms with Crippen LogP contribution >= 0.6 is 15.9 Å². The van der Waals surface area contributed by atoms with Crippen LogP contribution in [0.5, 0.6) is 5.75 Å². The molecule has 0 aliphatic carbocycles. The van der Waals surface area contributed by atoms with Crippen molar-refractivity contribution in [2.75, 3.05) is 12.8 Å².